The Bertz CT molecular complexity index is 1470. The van der Waals surface area contributed by atoms with E-state index in [1.165, 1.54) is 5.56 Å². The summed E-state index contributed by atoms with van der Waals surface area (Å²) in [6, 6.07) is 31.0. The van der Waals surface area contributed by atoms with E-state index in [0.29, 0.717) is 7.48 Å². The van der Waals surface area contributed by atoms with Gasteiger partial charge in [0.1, 0.15) is 5.58 Å². The van der Waals surface area contributed by atoms with Crippen molar-refractivity contribution in [2.75, 3.05) is 5.32 Å². The molecule has 0 spiro atoms. The van der Waals surface area contributed by atoms with Crippen LogP contribution in [0.5, 0.6) is 0 Å². The van der Waals surface area contributed by atoms with Gasteiger partial charge in [-0.1, -0.05) is 72.8 Å². The molecule has 0 aliphatic carbocycles. The third-order valence-corrected chi connectivity index (χ3v) is 6.96. The number of nitrogens with one attached hydrogen (secondary N) is 1. The van der Waals surface area contributed by atoms with E-state index in [1.54, 1.807) is 13.8 Å². The normalized spacial score (nSPS) is 12.3. The monoisotopic (exact) mass is 463 g/mol. The summed E-state index contributed by atoms with van der Waals surface area (Å²) < 4.78 is 12.5. The van der Waals surface area contributed by atoms with Crippen molar-refractivity contribution in [2.45, 2.75) is 38.9 Å². The van der Waals surface area contributed by atoms with Crippen LogP contribution in [0, 0.1) is 0 Å². The van der Waals surface area contributed by atoms with Gasteiger partial charge in [0.25, 0.3) is 0 Å². The lowest BCUT2D eigenvalue weighted by Crippen LogP contribution is -2.49. The molecule has 0 saturated heterocycles. The minimum Gasteiger partial charge on any atom is -0.454 e. The molecule has 5 heteroatoms. The van der Waals surface area contributed by atoms with E-state index in [-0.39, 0.29) is 0 Å². The van der Waals surface area contributed by atoms with Gasteiger partial charge in [0.15, 0.2) is 5.58 Å². The number of para-hydroxylation sites is 1. The number of rotatable bonds is 7. The largest absolute Gasteiger partial charge is 0.454 e. The van der Waals surface area contributed by atoms with Crippen molar-refractivity contribution in [1.82, 2.24) is 0 Å². The van der Waals surface area contributed by atoms with Crippen LogP contribution in [-0.4, -0.2) is 23.8 Å². The van der Waals surface area contributed by atoms with E-state index in [2.05, 4.69) is 59.9 Å². The number of furan rings is 1. The molecule has 2 N–H and O–H groups in total. The molecule has 1 heterocycles. The molecule has 1 aromatic heterocycles. The van der Waals surface area contributed by atoms with E-state index in [4.69, 9.17) is 9.07 Å². The molecular formula is C30H30BNO3. The van der Waals surface area contributed by atoms with Gasteiger partial charge in [-0.25, -0.2) is 0 Å². The Balaban J connectivity index is 1.54. The zero-order valence-corrected chi connectivity index (χ0v) is 20.6. The molecule has 176 valence electrons. The third kappa shape index (κ3) is 4.57. The van der Waals surface area contributed by atoms with E-state index >= 15 is 0 Å². The summed E-state index contributed by atoms with van der Waals surface area (Å²) in [6.45, 7) is 7.34. The molecule has 0 saturated carbocycles. The Morgan fingerprint density at radius 2 is 1.40 bits per heavy atom. The standard InChI is InChI=1S/C30H30BNO3/c1-29(2,33)30(3,4)35-31-25-19-18-24-23-12-8-9-13-26(23)34-28(24)27(25)32-22-16-14-21(15-17-22)20-10-6-5-7-11-20/h5-19,31-33H,1-4H3. The summed E-state index contributed by atoms with van der Waals surface area (Å²) in [5.41, 5.74) is 5.05. The molecule has 0 amide bonds. The highest BCUT2D eigenvalue weighted by molar-refractivity contribution is 6.51. The Kier molecular flexibility index (Phi) is 5.91. The number of hydrogen-bond donors (Lipinski definition) is 2. The number of anilines is 2. The van der Waals surface area contributed by atoms with Crippen molar-refractivity contribution >= 4 is 46.3 Å². The second kappa shape index (κ2) is 8.92. The summed E-state index contributed by atoms with van der Waals surface area (Å²) in [5, 5.41) is 16.3. The minimum absolute atomic E-state index is 0.328. The van der Waals surface area contributed by atoms with E-state index in [0.717, 1.165) is 44.3 Å². The van der Waals surface area contributed by atoms with Crippen molar-refractivity contribution in [3.8, 4) is 11.1 Å². The number of hydrogen-bond acceptors (Lipinski definition) is 4. The molecular weight excluding hydrogens is 433 g/mol. The lowest BCUT2D eigenvalue weighted by Gasteiger charge is -2.37. The lowest BCUT2D eigenvalue weighted by molar-refractivity contribution is -0.0893. The van der Waals surface area contributed by atoms with Gasteiger partial charge in [-0.3, -0.25) is 0 Å². The fraction of sp³-hybridized carbons (Fsp3) is 0.200. The predicted molar refractivity (Wildman–Crippen MR) is 147 cm³/mol. The zero-order valence-electron chi connectivity index (χ0n) is 20.6. The summed E-state index contributed by atoms with van der Waals surface area (Å²) in [4.78, 5) is 0. The maximum atomic E-state index is 10.6. The predicted octanol–water partition coefficient (Wildman–Crippen LogP) is 6.54. The molecule has 0 radical (unpaired) electrons. The van der Waals surface area contributed by atoms with Gasteiger partial charge in [-0.05, 0) is 62.5 Å². The van der Waals surface area contributed by atoms with Gasteiger partial charge < -0.3 is 19.5 Å². The molecule has 4 nitrogen and oxygen atoms in total. The quantitative estimate of drug-likeness (QED) is 0.269. The van der Waals surface area contributed by atoms with Gasteiger partial charge in [-0.15, -0.1) is 0 Å². The topological polar surface area (TPSA) is 54.6 Å². The fourth-order valence-corrected chi connectivity index (χ4v) is 4.04. The van der Waals surface area contributed by atoms with Gasteiger partial charge >= 0.3 is 7.48 Å². The highest BCUT2D eigenvalue weighted by atomic mass is 16.5. The summed E-state index contributed by atoms with van der Waals surface area (Å²) in [7, 11) is 0.328. The van der Waals surface area contributed by atoms with Crippen molar-refractivity contribution in [3.63, 3.8) is 0 Å². The van der Waals surface area contributed by atoms with Gasteiger partial charge in [0, 0.05) is 16.5 Å². The first-order valence-electron chi connectivity index (χ1n) is 11.9. The van der Waals surface area contributed by atoms with Gasteiger partial charge in [-0.2, -0.15) is 0 Å². The van der Waals surface area contributed by atoms with Crippen LogP contribution in [0.25, 0.3) is 33.1 Å². The average Bonchev–Trinajstić information content (AvgIpc) is 3.23. The maximum absolute atomic E-state index is 10.6. The molecule has 0 unspecified atom stereocenters. The van der Waals surface area contributed by atoms with E-state index in [9.17, 15) is 5.11 Å². The third-order valence-electron chi connectivity index (χ3n) is 6.96. The molecule has 0 bridgehead atoms. The molecule has 35 heavy (non-hydrogen) atoms. The molecule has 0 fully saturated rings. The van der Waals surface area contributed by atoms with Crippen LogP contribution in [0.3, 0.4) is 0 Å². The highest BCUT2D eigenvalue weighted by Crippen LogP contribution is 2.34. The Hall–Kier alpha value is -3.54. The zero-order chi connectivity index (χ0) is 24.6. The number of fused-ring (bicyclic) bond motifs is 3. The van der Waals surface area contributed by atoms with Crippen molar-refractivity contribution in [1.29, 1.82) is 0 Å². The fourth-order valence-electron chi connectivity index (χ4n) is 4.04. The number of benzene rings is 4. The van der Waals surface area contributed by atoms with Crippen LogP contribution in [0.2, 0.25) is 0 Å². The molecule has 0 atom stereocenters. The van der Waals surface area contributed by atoms with Crippen molar-refractivity contribution in [3.05, 3.63) is 91.0 Å². The first-order chi connectivity index (χ1) is 16.7. The van der Waals surface area contributed by atoms with Crippen LogP contribution in [-0.2, 0) is 4.65 Å². The summed E-state index contributed by atoms with van der Waals surface area (Å²) in [5.74, 6) is 0. The summed E-state index contributed by atoms with van der Waals surface area (Å²) >= 11 is 0. The Labute approximate surface area is 206 Å². The number of aliphatic hydroxyl groups is 1. The molecule has 4 aromatic carbocycles. The van der Waals surface area contributed by atoms with E-state index in [1.807, 2.05) is 50.2 Å². The smallest absolute Gasteiger partial charge is 0.311 e. The first kappa shape index (κ1) is 23.2. The Morgan fingerprint density at radius 3 is 2.11 bits per heavy atom. The van der Waals surface area contributed by atoms with Crippen molar-refractivity contribution in [2.24, 2.45) is 0 Å². The maximum Gasteiger partial charge on any atom is 0.311 e. The minimum atomic E-state index is -0.989. The molecule has 5 aromatic rings. The summed E-state index contributed by atoms with van der Waals surface area (Å²) in [6.07, 6.45) is 0. The Morgan fingerprint density at radius 1 is 0.743 bits per heavy atom. The lowest BCUT2D eigenvalue weighted by atomic mass is 9.81. The first-order valence-corrected chi connectivity index (χ1v) is 11.9. The van der Waals surface area contributed by atoms with Crippen LogP contribution < -0.4 is 10.8 Å². The van der Waals surface area contributed by atoms with Crippen LogP contribution in [0.1, 0.15) is 27.7 Å². The van der Waals surface area contributed by atoms with Crippen LogP contribution >= 0.6 is 0 Å². The van der Waals surface area contributed by atoms with Crippen molar-refractivity contribution < 1.29 is 14.2 Å². The van der Waals surface area contributed by atoms with Gasteiger partial charge in [0.05, 0.1) is 16.9 Å². The molecule has 0 aliphatic rings. The molecule has 5 rings (SSSR count). The molecule has 0 aliphatic heterocycles. The highest BCUT2D eigenvalue weighted by Gasteiger charge is 2.36. The van der Waals surface area contributed by atoms with Crippen LogP contribution in [0.15, 0.2) is 95.4 Å². The second-order valence-electron chi connectivity index (χ2n) is 10.0. The van der Waals surface area contributed by atoms with Gasteiger partial charge in [0.2, 0.25) is 0 Å². The SMILES string of the molecule is CC(C)(O)C(C)(C)OBc1ccc2c(oc3ccccc32)c1Nc1ccc(-c2ccccc2)cc1. The van der Waals surface area contributed by atoms with E-state index < -0.39 is 11.2 Å². The van der Waals surface area contributed by atoms with Crippen LogP contribution in [0.4, 0.5) is 11.4 Å². The second-order valence-corrected chi connectivity index (χ2v) is 10.0. The average molecular weight is 463 g/mol.